The van der Waals surface area contributed by atoms with Crippen LogP contribution in [0.3, 0.4) is 0 Å². The highest BCUT2D eigenvalue weighted by atomic mass is 32.1. The zero-order valence-electron chi connectivity index (χ0n) is 16.8. The van der Waals surface area contributed by atoms with Crippen molar-refractivity contribution in [2.75, 3.05) is 31.7 Å². The Morgan fingerprint density at radius 2 is 2.03 bits per heavy atom. The van der Waals surface area contributed by atoms with Gasteiger partial charge in [-0.05, 0) is 44.2 Å². The maximum absolute atomic E-state index is 12.1. The molecule has 0 N–H and O–H groups in total. The maximum atomic E-state index is 12.1. The Labute approximate surface area is 173 Å². The zero-order chi connectivity index (χ0) is 20.4. The molecule has 0 unspecified atom stereocenters. The number of anilines is 1. The van der Waals surface area contributed by atoms with Crippen molar-refractivity contribution in [1.82, 2.24) is 15.0 Å². The molecule has 4 rings (SSSR count). The van der Waals surface area contributed by atoms with Crippen LogP contribution in [-0.4, -0.2) is 47.7 Å². The topological polar surface area (TPSA) is 77.4 Å². The molecule has 0 aromatic carbocycles. The predicted octanol–water partition coefficient (Wildman–Crippen LogP) is 3.79. The van der Waals surface area contributed by atoms with Gasteiger partial charge in [0.15, 0.2) is 0 Å². The molecule has 1 aliphatic rings. The molecule has 3 aromatic heterocycles. The lowest BCUT2D eigenvalue weighted by Crippen LogP contribution is -2.36. The van der Waals surface area contributed by atoms with E-state index in [0.717, 1.165) is 47.5 Å². The number of hydrogen-bond donors (Lipinski definition) is 0. The molecule has 0 amide bonds. The smallest absolute Gasteiger partial charge is 0.348 e. The summed E-state index contributed by atoms with van der Waals surface area (Å²) in [5, 5.41) is 0.962. The average Bonchev–Trinajstić information content (AvgIpc) is 3.08. The molecule has 0 atom stereocenters. The molecule has 0 aliphatic carbocycles. The summed E-state index contributed by atoms with van der Waals surface area (Å²) in [7, 11) is 1.40. The van der Waals surface area contributed by atoms with Gasteiger partial charge in [-0.25, -0.2) is 19.7 Å². The van der Waals surface area contributed by atoms with Crippen LogP contribution in [0.4, 0.5) is 5.82 Å². The number of aryl methyl sites for hydroxylation is 2. The van der Waals surface area contributed by atoms with Gasteiger partial charge >= 0.3 is 5.97 Å². The first kappa shape index (κ1) is 19.6. The number of ether oxygens (including phenoxy) is 2. The third-order valence-electron chi connectivity index (χ3n) is 5.27. The summed E-state index contributed by atoms with van der Waals surface area (Å²) in [5.41, 5.74) is 0.896. The van der Waals surface area contributed by atoms with E-state index in [4.69, 9.17) is 14.5 Å². The molecule has 1 aliphatic heterocycles. The van der Waals surface area contributed by atoms with Crippen molar-refractivity contribution >= 4 is 33.3 Å². The first-order valence-corrected chi connectivity index (χ1v) is 10.5. The molecule has 0 saturated carbocycles. The normalized spacial score (nSPS) is 14.9. The van der Waals surface area contributed by atoms with Crippen molar-refractivity contribution in [1.29, 1.82) is 0 Å². The second-order valence-electron chi connectivity index (χ2n) is 7.23. The van der Waals surface area contributed by atoms with Crippen LogP contribution in [0.15, 0.2) is 24.4 Å². The quantitative estimate of drug-likeness (QED) is 0.590. The van der Waals surface area contributed by atoms with E-state index < -0.39 is 0 Å². The lowest BCUT2D eigenvalue weighted by atomic mass is 9.97. The molecule has 8 heteroatoms. The summed E-state index contributed by atoms with van der Waals surface area (Å²) in [6, 6.07) is 5.70. The summed E-state index contributed by atoms with van der Waals surface area (Å²) in [6.07, 6.45) is 3.78. The molecular formula is C21H24N4O3S. The standard InChI is InChI=1S/C21H24N4O3S/c1-13-17-19(23-14(2)24-20(17)29-18(13)21(26)27-3)25-10-7-15(8-11-25)12-28-16-6-4-5-9-22-16/h4-6,9,15H,7-8,10-12H2,1-3H3. The summed E-state index contributed by atoms with van der Waals surface area (Å²) in [6.45, 7) is 6.30. The fourth-order valence-electron chi connectivity index (χ4n) is 3.68. The second kappa shape index (κ2) is 8.32. The van der Waals surface area contributed by atoms with E-state index >= 15 is 0 Å². The number of carbonyl (C=O) groups excluding carboxylic acids is 1. The van der Waals surface area contributed by atoms with Gasteiger partial charge in [0.25, 0.3) is 0 Å². The Kier molecular flexibility index (Phi) is 5.62. The van der Waals surface area contributed by atoms with Gasteiger partial charge in [-0.1, -0.05) is 6.07 Å². The number of piperidine rings is 1. The Bertz CT molecular complexity index is 1010. The summed E-state index contributed by atoms with van der Waals surface area (Å²) < 4.78 is 10.8. The number of carbonyl (C=O) groups is 1. The summed E-state index contributed by atoms with van der Waals surface area (Å²) >= 11 is 1.38. The van der Waals surface area contributed by atoms with Crippen LogP contribution >= 0.6 is 11.3 Å². The number of rotatable bonds is 5. The van der Waals surface area contributed by atoms with Crippen LogP contribution in [0.5, 0.6) is 5.88 Å². The van der Waals surface area contributed by atoms with Gasteiger partial charge in [0, 0.05) is 25.4 Å². The lowest BCUT2D eigenvalue weighted by Gasteiger charge is -2.33. The van der Waals surface area contributed by atoms with Gasteiger partial charge in [0.05, 0.1) is 19.1 Å². The summed E-state index contributed by atoms with van der Waals surface area (Å²) in [4.78, 5) is 29.4. The van der Waals surface area contributed by atoms with E-state index in [0.29, 0.717) is 29.1 Å². The van der Waals surface area contributed by atoms with Crippen molar-refractivity contribution in [2.45, 2.75) is 26.7 Å². The number of pyridine rings is 1. The van der Waals surface area contributed by atoms with E-state index in [1.54, 1.807) is 6.20 Å². The van der Waals surface area contributed by atoms with E-state index in [2.05, 4.69) is 14.9 Å². The molecule has 4 heterocycles. The van der Waals surface area contributed by atoms with Crippen molar-refractivity contribution in [3.8, 4) is 5.88 Å². The van der Waals surface area contributed by atoms with Crippen molar-refractivity contribution in [2.24, 2.45) is 5.92 Å². The molecule has 1 fully saturated rings. The Morgan fingerprint density at radius 1 is 1.24 bits per heavy atom. The predicted molar refractivity (Wildman–Crippen MR) is 113 cm³/mol. The molecule has 152 valence electrons. The first-order chi connectivity index (χ1) is 14.1. The van der Waals surface area contributed by atoms with Gasteiger partial charge in [-0.15, -0.1) is 11.3 Å². The van der Waals surface area contributed by atoms with Crippen molar-refractivity contribution < 1.29 is 14.3 Å². The van der Waals surface area contributed by atoms with Gasteiger partial charge in [0.1, 0.15) is 21.3 Å². The molecule has 7 nitrogen and oxygen atoms in total. The molecule has 3 aromatic rings. The first-order valence-electron chi connectivity index (χ1n) is 9.71. The summed E-state index contributed by atoms with van der Waals surface area (Å²) in [5.74, 6) is 2.47. The number of fused-ring (bicyclic) bond motifs is 1. The third-order valence-corrected chi connectivity index (χ3v) is 6.44. The third kappa shape index (κ3) is 4.03. The van der Waals surface area contributed by atoms with Crippen molar-refractivity contribution in [3.05, 3.63) is 40.7 Å². The number of thiophene rings is 1. The Hall–Kier alpha value is -2.74. The second-order valence-corrected chi connectivity index (χ2v) is 8.23. The highest BCUT2D eigenvalue weighted by Gasteiger charge is 2.26. The van der Waals surface area contributed by atoms with Crippen molar-refractivity contribution in [3.63, 3.8) is 0 Å². The molecule has 1 saturated heterocycles. The van der Waals surface area contributed by atoms with E-state index in [9.17, 15) is 4.79 Å². The molecular weight excluding hydrogens is 388 g/mol. The van der Waals surface area contributed by atoms with Gasteiger partial charge in [-0.2, -0.15) is 0 Å². The largest absolute Gasteiger partial charge is 0.477 e. The van der Waals surface area contributed by atoms with E-state index in [1.165, 1.54) is 18.4 Å². The van der Waals surface area contributed by atoms with Crippen LogP contribution in [-0.2, 0) is 4.74 Å². The minimum absolute atomic E-state index is 0.320. The van der Waals surface area contributed by atoms with Crippen LogP contribution in [0.1, 0.15) is 33.9 Å². The molecule has 29 heavy (non-hydrogen) atoms. The van der Waals surface area contributed by atoms with Crippen LogP contribution in [0.25, 0.3) is 10.2 Å². The van der Waals surface area contributed by atoms with Crippen LogP contribution < -0.4 is 9.64 Å². The lowest BCUT2D eigenvalue weighted by molar-refractivity contribution is 0.0605. The number of methoxy groups -OCH3 is 1. The van der Waals surface area contributed by atoms with Gasteiger partial charge in [0.2, 0.25) is 5.88 Å². The molecule has 0 spiro atoms. The van der Waals surface area contributed by atoms with Crippen LogP contribution in [0, 0.1) is 19.8 Å². The fourth-order valence-corrected chi connectivity index (χ4v) is 4.82. The maximum Gasteiger partial charge on any atom is 0.348 e. The molecule has 0 radical (unpaired) electrons. The number of aromatic nitrogens is 3. The SMILES string of the molecule is COC(=O)c1sc2nc(C)nc(N3CCC(COc4ccccn4)CC3)c2c1C. The molecule has 0 bridgehead atoms. The van der Waals surface area contributed by atoms with E-state index in [1.807, 2.05) is 32.0 Å². The van der Waals surface area contributed by atoms with E-state index in [-0.39, 0.29) is 5.97 Å². The minimum Gasteiger partial charge on any atom is -0.477 e. The number of hydrogen-bond acceptors (Lipinski definition) is 8. The van der Waals surface area contributed by atoms with Crippen LogP contribution in [0.2, 0.25) is 0 Å². The highest BCUT2D eigenvalue weighted by Crippen LogP contribution is 2.37. The van der Waals surface area contributed by atoms with Gasteiger partial charge in [-0.3, -0.25) is 0 Å². The minimum atomic E-state index is -0.320. The highest BCUT2D eigenvalue weighted by molar-refractivity contribution is 7.20. The number of esters is 1. The Morgan fingerprint density at radius 3 is 2.72 bits per heavy atom. The fraction of sp³-hybridized carbons (Fsp3) is 0.429. The zero-order valence-corrected chi connectivity index (χ0v) is 17.7. The van der Waals surface area contributed by atoms with Gasteiger partial charge < -0.3 is 14.4 Å². The number of nitrogens with zero attached hydrogens (tertiary/aromatic N) is 4. The monoisotopic (exact) mass is 412 g/mol. The average molecular weight is 413 g/mol. The Balaban J connectivity index is 1.50.